The SMILES string of the molecule is Nc1ncnc2c1ncn2Cc1cc(-c2cc(F)c(F)cc2F)ncc1N1CCC[C@@]2(N)C1C(F)(F)C[C@@H]2O. The van der Waals surface area contributed by atoms with Crippen LogP contribution < -0.4 is 16.4 Å². The number of nitrogens with two attached hydrogens (primary N) is 2. The molecule has 0 radical (unpaired) electrons. The van der Waals surface area contributed by atoms with Crippen LogP contribution in [0.1, 0.15) is 24.8 Å². The number of halogens is 5. The molecule has 204 valence electrons. The summed E-state index contributed by atoms with van der Waals surface area (Å²) in [6.45, 7) is 0.192. The fourth-order valence-corrected chi connectivity index (χ4v) is 5.84. The molecule has 3 atom stereocenters. The van der Waals surface area contributed by atoms with Crippen molar-refractivity contribution in [3.8, 4) is 11.3 Å². The van der Waals surface area contributed by atoms with E-state index in [0.717, 1.165) is 0 Å². The molecule has 2 fully saturated rings. The van der Waals surface area contributed by atoms with E-state index in [4.69, 9.17) is 11.5 Å². The Bertz CT molecular complexity index is 1600. The van der Waals surface area contributed by atoms with Gasteiger partial charge in [0, 0.05) is 24.6 Å². The molecule has 2 aliphatic rings. The van der Waals surface area contributed by atoms with Gasteiger partial charge < -0.3 is 26.0 Å². The summed E-state index contributed by atoms with van der Waals surface area (Å²) in [7, 11) is 0. The number of nitrogen functional groups attached to an aromatic ring is 1. The van der Waals surface area contributed by atoms with E-state index in [1.807, 2.05) is 0 Å². The van der Waals surface area contributed by atoms with Crippen molar-refractivity contribution in [2.45, 2.75) is 49.4 Å². The average molecular weight is 547 g/mol. The predicted octanol–water partition coefficient (Wildman–Crippen LogP) is 3.00. The zero-order valence-electron chi connectivity index (χ0n) is 20.3. The van der Waals surface area contributed by atoms with Crippen molar-refractivity contribution in [1.82, 2.24) is 24.5 Å². The van der Waals surface area contributed by atoms with Crippen molar-refractivity contribution in [2.75, 3.05) is 17.2 Å². The first kappa shape index (κ1) is 25.4. The minimum Gasteiger partial charge on any atom is -0.391 e. The number of hydrogen-bond donors (Lipinski definition) is 3. The number of rotatable bonds is 4. The van der Waals surface area contributed by atoms with Crippen LogP contribution in [0.2, 0.25) is 0 Å². The molecule has 9 nitrogen and oxygen atoms in total. The maximum Gasteiger partial charge on any atom is 0.272 e. The van der Waals surface area contributed by atoms with E-state index < -0.39 is 47.5 Å². The lowest BCUT2D eigenvalue weighted by Gasteiger charge is -2.47. The van der Waals surface area contributed by atoms with Gasteiger partial charge in [0.1, 0.15) is 23.7 Å². The molecule has 14 heteroatoms. The zero-order valence-corrected chi connectivity index (χ0v) is 20.3. The summed E-state index contributed by atoms with van der Waals surface area (Å²) in [5, 5.41) is 10.5. The number of aromatic nitrogens is 5. The Hall–Kier alpha value is -3.91. The third-order valence-corrected chi connectivity index (χ3v) is 7.65. The largest absolute Gasteiger partial charge is 0.391 e. The molecule has 1 aliphatic heterocycles. The molecule has 4 heterocycles. The van der Waals surface area contributed by atoms with Gasteiger partial charge in [-0.2, -0.15) is 0 Å². The summed E-state index contributed by atoms with van der Waals surface area (Å²) in [6.07, 6.45) is 2.40. The molecule has 39 heavy (non-hydrogen) atoms. The van der Waals surface area contributed by atoms with Gasteiger partial charge in [0.25, 0.3) is 5.92 Å². The summed E-state index contributed by atoms with van der Waals surface area (Å²) in [6, 6.07) is 0.983. The molecule has 0 amide bonds. The number of fused-ring (bicyclic) bond motifs is 2. The molecule has 0 bridgehead atoms. The van der Waals surface area contributed by atoms with Crippen LogP contribution in [0.4, 0.5) is 33.5 Å². The fourth-order valence-electron chi connectivity index (χ4n) is 5.84. The first-order valence-corrected chi connectivity index (χ1v) is 12.2. The highest BCUT2D eigenvalue weighted by atomic mass is 19.3. The number of alkyl halides is 2. The lowest BCUT2D eigenvalue weighted by atomic mass is 9.81. The number of hydrogen-bond acceptors (Lipinski definition) is 8. The number of aliphatic hydroxyl groups excluding tert-OH is 1. The molecule has 1 saturated heterocycles. The average Bonchev–Trinajstić information content (AvgIpc) is 3.37. The Morgan fingerprint density at radius 2 is 1.79 bits per heavy atom. The highest BCUT2D eigenvalue weighted by Gasteiger charge is 2.65. The van der Waals surface area contributed by atoms with Crippen LogP contribution in [0, 0.1) is 17.5 Å². The number of imidazole rings is 1. The second kappa shape index (κ2) is 8.81. The molecule has 0 spiro atoms. The van der Waals surface area contributed by atoms with Crippen LogP contribution in [0.25, 0.3) is 22.4 Å². The van der Waals surface area contributed by atoms with Crippen LogP contribution >= 0.6 is 0 Å². The van der Waals surface area contributed by atoms with Crippen molar-refractivity contribution in [3.63, 3.8) is 0 Å². The zero-order chi connectivity index (χ0) is 27.7. The van der Waals surface area contributed by atoms with Crippen LogP contribution in [-0.2, 0) is 6.54 Å². The third-order valence-electron chi connectivity index (χ3n) is 7.65. The number of benzene rings is 1. The predicted molar refractivity (Wildman–Crippen MR) is 131 cm³/mol. The van der Waals surface area contributed by atoms with Gasteiger partial charge in [0.2, 0.25) is 0 Å². The van der Waals surface area contributed by atoms with Gasteiger partial charge in [-0.05, 0) is 30.5 Å². The van der Waals surface area contributed by atoms with Gasteiger partial charge >= 0.3 is 0 Å². The highest BCUT2D eigenvalue weighted by molar-refractivity contribution is 5.81. The third kappa shape index (κ3) is 3.97. The molecule has 1 unspecified atom stereocenters. The second-order valence-corrected chi connectivity index (χ2v) is 10.0. The first-order chi connectivity index (χ1) is 18.5. The summed E-state index contributed by atoms with van der Waals surface area (Å²) in [5.74, 6) is -6.83. The minimum absolute atomic E-state index is 0.00197. The number of piperidine rings is 1. The number of anilines is 2. The first-order valence-electron chi connectivity index (χ1n) is 12.2. The van der Waals surface area contributed by atoms with Gasteiger partial charge in [-0.3, -0.25) is 4.98 Å². The van der Waals surface area contributed by atoms with Crippen molar-refractivity contribution < 1.29 is 27.1 Å². The summed E-state index contributed by atoms with van der Waals surface area (Å²) >= 11 is 0. The van der Waals surface area contributed by atoms with Crippen LogP contribution in [0.5, 0.6) is 0 Å². The van der Waals surface area contributed by atoms with Crippen LogP contribution in [-0.4, -0.2) is 59.8 Å². The maximum absolute atomic E-state index is 15.3. The quantitative estimate of drug-likeness (QED) is 0.263. The number of aliphatic hydroxyl groups is 1. The van der Waals surface area contributed by atoms with Gasteiger partial charge in [0.05, 0.1) is 42.1 Å². The normalized spacial score (nSPS) is 24.3. The minimum atomic E-state index is -3.31. The molecular weight excluding hydrogens is 523 g/mol. The number of nitrogens with zero attached hydrogens (tertiary/aromatic N) is 6. The molecule has 1 aliphatic carbocycles. The highest BCUT2D eigenvalue weighted by Crippen LogP contribution is 2.49. The van der Waals surface area contributed by atoms with E-state index in [0.29, 0.717) is 35.3 Å². The molecule has 6 rings (SSSR count). The smallest absolute Gasteiger partial charge is 0.272 e. The van der Waals surface area contributed by atoms with Crippen LogP contribution in [0.3, 0.4) is 0 Å². The van der Waals surface area contributed by atoms with Crippen molar-refractivity contribution >= 4 is 22.7 Å². The summed E-state index contributed by atoms with van der Waals surface area (Å²) in [5.41, 5.74) is 11.7. The van der Waals surface area contributed by atoms with E-state index in [1.54, 1.807) is 4.57 Å². The lowest BCUT2D eigenvalue weighted by molar-refractivity contribution is -0.0238. The monoisotopic (exact) mass is 546 g/mol. The van der Waals surface area contributed by atoms with Crippen LogP contribution in [0.15, 0.2) is 37.1 Å². The molecule has 1 saturated carbocycles. The lowest BCUT2D eigenvalue weighted by Crippen LogP contribution is -2.67. The molecule has 1 aromatic carbocycles. The Morgan fingerprint density at radius 1 is 1.03 bits per heavy atom. The standard InChI is InChI=1S/C25H23F5N8O/c26-14-6-16(28)15(27)5-13(14)17-4-12(9-37-11-36-20-21(31)34-10-35-22(20)37)18(8-33-17)38-3-1-2-24(32)19(39)7-25(29,30)23(24)38/h4-6,8,10-11,19,23,39H,1-3,7,9,32H2,(H2,31,34,35)/t19-,23?,24-/m0/s1. The van der Waals surface area contributed by atoms with Gasteiger partial charge in [-0.25, -0.2) is 36.9 Å². The Morgan fingerprint density at radius 3 is 2.59 bits per heavy atom. The van der Waals surface area contributed by atoms with E-state index in [1.165, 1.54) is 29.8 Å². The summed E-state index contributed by atoms with van der Waals surface area (Å²) in [4.78, 5) is 18.0. The van der Waals surface area contributed by atoms with Crippen molar-refractivity contribution in [1.29, 1.82) is 0 Å². The maximum atomic E-state index is 15.3. The topological polar surface area (TPSA) is 132 Å². The Labute approximate surface area is 218 Å². The Balaban J connectivity index is 1.51. The summed E-state index contributed by atoms with van der Waals surface area (Å²) < 4.78 is 74.4. The van der Waals surface area contributed by atoms with E-state index >= 15 is 8.78 Å². The van der Waals surface area contributed by atoms with Crippen molar-refractivity contribution in [2.24, 2.45) is 5.73 Å². The molecule has 4 aromatic rings. The van der Waals surface area contributed by atoms with Gasteiger partial charge in [0.15, 0.2) is 23.1 Å². The van der Waals surface area contributed by atoms with Gasteiger partial charge in [-0.15, -0.1) is 0 Å². The molecular formula is C25H23F5N8O. The molecule has 5 N–H and O–H groups in total. The fraction of sp³-hybridized carbons (Fsp3) is 0.360. The van der Waals surface area contributed by atoms with Crippen molar-refractivity contribution in [3.05, 3.63) is 60.1 Å². The van der Waals surface area contributed by atoms with E-state index in [-0.39, 0.29) is 42.3 Å². The number of pyridine rings is 1. The van der Waals surface area contributed by atoms with E-state index in [2.05, 4.69) is 19.9 Å². The second-order valence-electron chi connectivity index (χ2n) is 10.0. The Kier molecular flexibility index (Phi) is 5.73. The molecule has 3 aromatic heterocycles. The van der Waals surface area contributed by atoms with E-state index in [9.17, 15) is 18.3 Å². The van der Waals surface area contributed by atoms with Gasteiger partial charge in [-0.1, -0.05) is 0 Å².